The molecule has 0 radical (unpaired) electrons. The van der Waals surface area contributed by atoms with E-state index in [1.165, 1.54) is 31.4 Å². The maximum absolute atomic E-state index is 4.66. The van der Waals surface area contributed by atoms with Crippen molar-refractivity contribution in [2.24, 2.45) is 5.10 Å². The summed E-state index contributed by atoms with van der Waals surface area (Å²) in [6.45, 7) is 4.34. The molecule has 0 spiro atoms. The molecule has 0 bridgehead atoms. The van der Waals surface area contributed by atoms with E-state index in [1.54, 1.807) is 0 Å². The van der Waals surface area contributed by atoms with Crippen molar-refractivity contribution in [1.29, 1.82) is 0 Å². The Morgan fingerprint density at radius 1 is 1.17 bits per heavy atom. The molecular formula is C15H24N3+. The fraction of sp³-hybridized carbons (Fsp3) is 0.533. The van der Waals surface area contributed by atoms with Crippen molar-refractivity contribution in [3.63, 3.8) is 0 Å². The second-order valence-corrected chi connectivity index (χ2v) is 5.30. The molecule has 1 aliphatic rings. The molecular weight excluding hydrogens is 222 g/mol. The number of quaternary nitrogens is 1. The highest BCUT2D eigenvalue weighted by molar-refractivity contribution is 5.79. The molecule has 0 saturated carbocycles. The number of hydrogen-bond donors (Lipinski definition) is 0. The molecule has 3 heteroatoms. The number of para-hydroxylation sites is 1. The summed E-state index contributed by atoms with van der Waals surface area (Å²) in [5.74, 6) is 0. The molecule has 0 N–H and O–H groups in total. The van der Waals surface area contributed by atoms with Crippen molar-refractivity contribution in [3.8, 4) is 0 Å². The van der Waals surface area contributed by atoms with Crippen LogP contribution >= 0.6 is 0 Å². The van der Waals surface area contributed by atoms with Crippen LogP contribution in [0.25, 0.3) is 0 Å². The summed E-state index contributed by atoms with van der Waals surface area (Å²) < 4.78 is 0.790. The van der Waals surface area contributed by atoms with Crippen molar-refractivity contribution in [2.45, 2.75) is 32.6 Å². The van der Waals surface area contributed by atoms with Gasteiger partial charge >= 0.3 is 0 Å². The van der Waals surface area contributed by atoms with Crippen LogP contribution in [0.2, 0.25) is 0 Å². The van der Waals surface area contributed by atoms with E-state index in [4.69, 9.17) is 0 Å². The standard InChI is InChI=1S/C15H24N3/c1-3-4-5-9-12-18(2)14-17(13-16-18)15-10-7-6-8-11-15/h6-8,10-11,13H,3-5,9,12,14H2,1-2H3/q+1. The molecule has 0 aromatic heterocycles. The van der Waals surface area contributed by atoms with E-state index < -0.39 is 0 Å². The average Bonchev–Trinajstić information content (AvgIpc) is 2.79. The number of rotatable bonds is 6. The number of benzene rings is 1. The molecule has 0 aliphatic carbocycles. The van der Waals surface area contributed by atoms with Gasteiger partial charge in [-0.1, -0.05) is 43.1 Å². The van der Waals surface area contributed by atoms with Crippen molar-refractivity contribution < 1.29 is 4.59 Å². The molecule has 1 aromatic rings. The zero-order valence-corrected chi connectivity index (χ0v) is 11.5. The number of unbranched alkanes of at least 4 members (excludes halogenated alkanes) is 3. The van der Waals surface area contributed by atoms with E-state index in [2.05, 4.69) is 54.3 Å². The lowest BCUT2D eigenvalue weighted by molar-refractivity contribution is -0.910. The van der Waals surface area contributed by atoms with Gasteiger partial charge in [0.25, 0.3) is 0 Å². The number of anilines is 1. The molecule has 1 aromatic carbocycles. The van der Waals surface area contributed by atoms with E-state index >= 15 is 0 Å². The molecule has 2 rings (SSSR count). The van der Waals surface area contributed by atoms with Crippen LogP contribution in [0.15, 0.2) is 35.4 Å². The molecule has 1 unspecified atom stereocenters. The van der Waals surface area contributed by atoms with Gasteiger partial charge in [0.15, 0.2) is 13.0 Å². The monoisotopic (exact) mass is 246 g/mol. The summed E-state index contributed by atoms with van der Waals surface area (Å²) in [4.78, 5) is 2.24. The molecule has 1 heterocycles. The van der Waals surface area contributed by atoms with Gasteiger partial charge < -0.3 is 0 Å². The van der Waals surface area contributed by atoms with E-state index in [0.29, 0.717) is 0 Å². The van der Waals surface area contributed by atoms with E-state index in [1.807, 2.05) is 6.34 Å². The largest absolute Gasteiger partial charge is 0.278 e. The second-order valence-electron chi connectivity index (χ2n) is 5.30. The Balaban J connectivity index is 1.86. The molecule has 18 heavy (non-hydrogen) atoms. The zero-order chi connectivity index (χ0) is 12.8. The lowest BCUT2D eigenvalue weighted by Gasteiger charge is -2.25. The smallest absolute Gasteiger partial charge is 0.183 e. The summed E-state index contributed by atoms with van der Waals surface area (Å²) in [5, 5.41) is 4.66. The van der Waals surface area contributed by atoms with Gasteiger partial charge in [-0.25, -0.2) is 0 Å². The Labute approximate surface area is 110 Å². The van der Waals surface area contributed by atoms with E-state index in [9.17, 15) is 0 Å². The second kappa shape index (κ2) is 6.01. The van der Waals surface area contributed by atoms with Crippen LogP contribution in [0.3, 0.4) is 0 Å². The topological polar surface area (TPSA) is 15.6 Å². The third kappa shape index (κ3) is 3.33. The van der Waals surface area contributed by atoms with Crippen molar-refractivity contribution in [1.82, 2.24) is 0 Å². The van der Waals surface area contributed by atoms with Crippen molar-refractivity contribution in [2.75, 3.05) is 25.2 Å². The maximum Gasteiger partial charge on any atom is 0.183 e. The highest BCUT2D eigenvalue weighted by Crippen LogP contribution is 2.20. The van der Waals surface area contributed by atoms with Crippen molar-refractivity contribution in [3.05, 3.63) is 30.3 Å². The fourth-order valence-electron chi connectivity index (χ4n) is 2.36. The lowest BCUT2D eigenvalue weighted by atomic mass is 10.2. The predicted molar refractivity (Wildman–Crippen MR) is 77.5 cm³/mol. The van der Waals surface area contributed by atoms with Crippen LogP contribution in [-0.2, 0) is 0 Å². The SMILES string of the molecule is CCCCCC[N+]1(C)CN(c2ccccc2)C=N1. The zero-order valence-electron chi connectivity index (χ0n) is 11.5. The Kier molecular flexibility index (Phi) is 4.37. The van der Waals surface area contributed by atoms with Gasteiger partial charge in [-0.05, 0) is 25.0 Å². The summed E-state index contributed by atoms with van der Waals surface area (Å²) in [6.07, 6.45) is 7.21. The average molecular weight is 246 g/mol. The molecule has 0 fully saturated rings. The minimum absolute atomic E-state index is 0.790. The van der Waals surface area contributed by atoms with Gasteiger partial charge in [0.2, 0.25) is 0 Å². The quantitative estimate of drug-likeness (QED) is 0.554. The molecule has 0 saturated heterocycles. The van der Waals surface area contributed by atoms with Gasteiger partial charge in [-0.15, -0.1) is 0 Å². The molecule has 3 nitrogen and oxygen atoms in total. The van der Waals surface area contributed by atoms with E-state index in [0.717, 1.165) is 17.8 Å². The minimum atomic E-state index is 0.790. The van der Waals surface area contributed by atoms with Crippen LogP contribution < -0.4 is 4.90 Å². The summed E-state index contributed by atoms with van der Waals surface area (Å²) in [5.41, 5.74) is 1.23. The fourth-order valence-corrected chi connectivity index (χ4v) is 2.36. The first-order valence-corrected chi connectivity index (χ1v) is 6.95. The molecule has 1 atom stereocenters. The van der Waals surface area contributed by atoms with E-state index in [-0.39, 0.29) is 0 Å². The maximum atomic E-state index is 4.66. The van der Waals surface area contributed by atoms with Crippen LogP contribution in [0, 0.1) is 0 Å². The van der Waals surface area contributed by atoms with Gasteiger partial charge in [-0.2, -0.15) is 4.59 Å². The normalized spacial score (nSPS) is 22.7. The minimum Gasteiger partial charge on any atom is -0.278 e. The van der Waals surface area contributed by atoms with Crippen LogP contribution in [0.1, 0.15) is 32.6 Å². The number of hydrogen-bond acceptors (Lipinski definition) is 2. The third-order valence-electron chi connectivity index (χ3n) is 3.51. The summed E-state index contributed by atoms with van der Waals surface area (Å²) >= 11 is 0. The Morgan fingerprint density at radius 2 is 1.94 bits per heavy atom. The Bertz CT molecular complexity index is 388. The van der Waals surface area contributed by atoms with Crippen LogP contribution in [0.4, 0.5) is 5.69 Å². The third-order valence-corrected chi connectivity index (χ3v) is 3.51. The summed E-state index contributed by atoms with van der Waals surface area (Å²) in [6, 6.07) is 10.5. The first-order chi connectivity index (χ1) is 8.73. The molecule has 98 valence electrons. The van der Waals surface area contributed by atoms with Gasteiger partial charge in [0.05, 0.1) is 7.05 Å². The highest BCUT2D eigenvalue weighted by Gasteiger charge is 2.29. The van der Waals surface area contributed by atoms with Crippen molar-refractivity contribution >= 4 is 12.0 Å². The van der Waals surface area contributed by atoms with Crippen LogP contribution in [-0.4, -0.2) is 31.2 Å². The Morgan fingerprint density at radius 3 is 2.67 bits per heavy atom. The molecule has 1 aliphatic heterocycles. The number of nitrogens with zero attached hydrogens (tertiary/aromatic N) is 3. The highest BCUT2D eigenvalue weighted by atomic mass is 15.7. The van der Waals surface area contributed by atoms with Gasteiger partial charge in [0.1, 0.15) is 6.54 Å². The first kappa shape index (κ1) is 13.1. The first-order valence-electron chi connectivity index (χ1n) is 6.95. The van der Waals surface area contributed by atoms with Gasteiger partial charge in [-0.3, -0.25) is 4.90 Å². The lowest BCUT2D eigenvalue weighted by Crippen LogP contribution is -2.41. The van der Waals surface area contributed by atoms with Gasteiger partial charge in [0, 0.05) is 5.69 Å². The molecule has 0 amide bonds. The van der Waals surface area contributed by atoms with Crippen LogP contribution in [0.5, 0.6) is 0 Å². The summed E-state index contributed by atoms with van der Waals surface area (Å²) in [7, 11) is 2.21. The predicted octanol–water partition coefficient (Wildman–Crippen LogP) is 3.43. The Hall–Kier alpha value is -1.35.